The molecule has 5 heteroatoms. The number of aliphatic hydroxyl groups is 1. The fraction of sp³-hybridized carbons (Fsp3) is 0.312. The standard InChI is InChI=1S/C19H10NO.C13H24O2.Ir/c1-2-5-13-11-17-16(10-12(13)4-1)18-14(6-3-8-20-18)15-7-9-21-19(15)17;1-5-10(6-2)12(14)9-13(15)11(7-3)8-4;/h1-9,11H;9-11,14H,5-8H2,1-4H3;/q-1;;/b;12-9-;. The number of nitrogens with zero attached hydrogens (tertiary/aromatic N) is 1. The summed E-state index contributed by atoms with van der Waals surface area (Å²) in [6.45, 7) is 8.07. The number of pyridine rings is 1. The quantitative estimate of drug-likeness (QED) is 0.0617. The largest absolute Gasteiger partial charge is 0.512 e. The van der Waals surface area contributed by atoms with Gasteiger partial charge in [0.25, 0.3) is 0 Å². The van der Waals surface area contributed by atoms with Gasteiger partial charge in [-0.25, -0.2) is 0 Å². The Bertz CT molecular complexity index is 1530. The van der Waals surface area contributed by atoms with Crippen LogP contribution in [0.15, 0.2) is 77.2 Å². The van der Waals surface area contributed by atoms with Crippen LogP contribution < -0.4 is 0 Å². The Morgan fingerprint density at radius 1 is 0.946 bits per heavy atom. The first-order valence-corrected chi connectivity index (χ1v) is 12.9. The van der Waals surface area contributed by atoms with E-state index in [0.717, 1.165) is 69.1 Å². The zero-order valence-corrected chi connectivity index (χ0v) is 24.3. The summed E-state index contributed by atoms with van der Waals surface area (Å²) in [5, 5.41) is 16.3. The number of hydrogen-bond acceptors (Lipinski definition) is 4. The molecule has 0 aliphatic rings. The van der Waals surface area contributed by atoms with Crippen LogP contribution in [-0.4, -0.2) is 15.9 Å². The number of carbonyl (C=O) groups excluding carboxylic acids is 1. The normalized spacial score (nSPS) is 11.8. The van der Waals surface area contributed by atoms with Crippen LogP contribution >= 0.6 is 0 Å². The van der Waals surface area contributed by atoms with Gasteiger partial charge < -0.3 is 9.52 Å². The number of furan rings is 1. The Balaban J connectivity index is 0.000000214. The Kier molecular flexibility index (Phi) is 10.0. The van der Waals surface area contributed by atoms with E-state index in [0.29, 0.717) is 0 Å². The van der Waals surface area contributed by atoms with Crippen LogP contribution in [0, 0.1) is 17.9 Å². The van der Waals surface area contributed by atoms with Crippen molar-refractivity contribution < 1.29 is 34.4 Å². The summed E-state index contributed by atoms with van der Waals surface area (Å²) in [4.78, 5) is 16.3. The molecule has 2 heterocycles. The fourth-order valence-corrected chi connectivity index (χ4v) is 4.86. The molecule has 0 aliphatic heterocycles. The molecule has 5 rings (SSSR count). The maximum Gasteiger partial charge on any atom is 0.162 e. The van der Waals surface area contributed by atoms with E-state index in [-0.39, 0.29) is 43.5 Å². The van der Waals surface area contributed by atoms with Gasteiger partial charge in [-0.15, -0.1) is 23.6 Å². The van der Waals surface area contributed by atoms with Crippen LogP contribution in [-0.2, 0) is 24.9 Å². The van der Waals surface area contributed by atoms with Gasteiger partial charge >= 0.3 is 0 Å². The van der Waals surface area contributed by atoms with E-state index < -0.39 is 0 Å². The van der Waals surface area contributed by atoms with E-state index in [9.17, 15) is 9.90 Å². The topological polar surface area (TPSA) is 63.3 Å². The Labute approximate surface area is 232 Å². The van der Waals surface area contributed by atoms with Crippen LogP contribution in [0.3, 0.4) is 0 Å². The number of allylic oxidation sites excluding steroid dienone is 2. The van der Waals surface area contributed by atoms with E-state index in [1.165, 1.54) is 6.08 Å². The van der Waals surface area contributed by atoms with Crippen molar-refractivity contribution in [1.29, 1.82) is 0 Å². The minimum absolute atomic E-state index is 0. The van der Waals surface area contributed by atoms with Crippen molar-refractivity contribution in [2.75, 3.05) is 0 Å². The summed E-state index contributed by atoms with van der Waals surface area (Å²) < 4.78 is 5.74. The average Bonchev–Trinajstić information content (AvgIpc) is 3.40. The third kappa shape index (κ3) is 5.95. The van der Waals surface area contributed by atoms with Crippen molar-refractivity contribution in [2.45, 2.75) is 53.4 Å². The molecular weight excluding hydrogens is 639 g/mol. The smallest absolute Gasteiger partial charge is 0.162 e. The molecule has 2 aromatic heterocycles. The van der Waals surface area contributed by atoms with Crippen molar-refractivity contribution in [3.63, 3.8) is 0 Å². The molecule has 0 atom stereocenters. The molecule has 0 amide bonds. The van der Waals surface area contributed by atoms with E-state index in [2.05, 4.69) is 35.3 Å². The van der Waals surface area contributed by atoms with E-state index in [1.54, 1.807) is 6.26 Å². The number of hydrogen-bond donors (Lipinski definition) is 1. The molecule has 4 nitrogen and oxygen atoms in total. The van der Waals surface area contributed by atoms with Gasteiger partial charge in [0.05, 0.1) is 12.0 Å². The van der Waals surface area contributed by atoms with Crippen LogP contribution in [0.5, 0.6) is 0 Å². The molecule has 1 radical (unpaired) electrons. The summed E-state index contributed by atoms with van der Waals surface area (Å²) in [6.07, 6.45) is 8.48. The molecule has 0 unspecified atom stereocenters. The molecular formula is C32H34IrNO3-. The van der Waals surface area contributed by atoms with Gasteiger partial charge in [0.2, 0.25) is 0 Å². The molecule has 5 aromatic rings. The second kappa shape index (κ2) is 13.0. The third-order valence-corrected chi connectivity index (χ3v) is 7.12. The van der Waals surface area contributed by atoms with Gasteiger partial charge in [-0.05, 0) is 48.6 Å². The second-order valence-corrected chi connectivity index (χ2v) is 9.21. The zero-order valence-electron chi connectivity index (χ0n) is 21.9. The predicted molar refractivity (Wildman–Crippen MR) is 149 cm³/mol. The molecule has 0 saturated heterocycles. The van der Waals surface area contributed by atoms with Gasteiger partial charge in [0, 0.05) is 55.1 Å². The first-order valence-electron chi connectivity index (χ1n) is 12.9. The maximum atomic E-state index is 11.7. The maximum absolute atomic E-state index is 11.7. The number of carbonyl (C=O) groups is 1. The number of benzene rings is 3. The molecule has 0 fully saturated rings. The first-order chi connectivity index (χ1) is 17.5. The molecule has 195 valence electrons. The minimum atomic E-state index is 0. The van der Waals surface area contributed by atoms with Crippen LogP contribution in [0.2, 0.25) is 0 Å². The monoisotopic (exact) mass is 673 g/mol. The van der Waals surface area contributed by atoms with Crippen molar-refractivity contribution in [2.24, 2.45) is 11.8 Å². The molecule has 3 aromatic carbocycles. The van der Waals surface area contributed by atoms with Crippen LogP contribution in [0.1, 0.15) is 53.4 Å². The van der Waals surface area contributed by atoms with E-state index in [1.807, 2.05) is 58.2 Å². The molecule has 37 heavy (non-hydrogen) atoms. The summed E-state index contributed by atoms with van der Waals surface area (Å²) in [5.41, 5.74) is 1.89. The number of rotatable bonds is 7. The Hall–Kier alpha value is -3.01. The van der Waals surface area contributed by atoms with E-state index >= 15 is 0 Å². The Morgan fingerprint density at radius 3 is 2.35 bits per heavy atom. The Morgan fingerprint density at radius 2 is 1.65 bits per heavy atom. The number of aliphatic hydroxyl groups excluding tert-OH is 1. The SMILES string of the molecule is CCC(CC)C(=O)/C=C(\O)C(CC)CC.[Ir].[c-]1c2ccccc2cc2c1c1ncccc1c1ccoc21. The fourth-order valence-electron chi connectivity index (χ4n) is 4.86. The third-order valence-electron chi connectivity index (χ3n) is 7.12. The van der Waals surface area contributed by atoms with Crippen molar-refractivity contribution >= 4 is 49.2 Å². The number of aromatic nitrogens is 1. The second-order valence-electron chi connectivity index (χ2n) is 9.21. The van der Waals surface area contributed by atoms with Crippen molar-refractivity contribution in [3.05, 3.63) is 78.9 Å². The average molecular weight is 673 g/mol. The summed E-state index contributed by atoms with van der Waals surface area (Å²) in [5.74, 6) is 0.547. The van der Waals surface area contributed by atoms with Crippen molar-refractivity contribution in [1.82, 2.24) is 4.98 Å². The van der Waals surface area contributed by atoms with E-state index in [4.69, 9.17) is 4.42 Å². The van der Waals surface area contributed by atoms with Crippen LogP contribution in [0.25, 0.3) is 43.4 Å². The summed E-state index contributed by atoms with van der Waals surface area (Å²) in [6, 6.07) is 20.0. The molecule has 0 saturated carbocycles. The van der Waals surface area contributed by atoms with Gasteiger partial charge in [0.15, 0.2) is 5.78 Å². The van der Waals surface area contributed by atoms with Crippen LogP contribution in [0.4, 0.5) is 0 Å². The minimum Gasteiger partial charge on any atom is -0.512 e. The number of ketones is 1. The predicted octanol–water partition coefficient (Wildman–Crippen LogP) is 8.95. The number of fused-ring (bicyclic) bond motifs is 7. The zero-order chi connectivity index (χ0) is 25.7. The van der Waals surface area contributed by atoms with Gasteiger partial charge in [-0.1, -0.05) is 62.7 Å². The summed E-state index contributed by atoms with van der Waals surface area (Å²) in [7, 11) is 0. The van der Waals surface area contributed by atoms with Gasteiger partial charge in [-0.2, -0.15) is 0 Å². The molecule has 0 spiro atoms. The van der Waals surface area contributed by atoms with Crippen molar-refractivity contribution in [3.8, 4) is 0 Å². The first kappa shape index (κ1) is 28.6. The van der Waals surface area contributed by atoms with Gasteiger partial charge in [-0.3, -0.25) is 9.78 Å². The molecule has 1 N–H and O–H groups in total. The van der Waals surface area contributed by atoms with Gasteiger partial charge in [0.1, 0.15) is 5.58 Å². The molecule has 0 bridgehead atoms. The molecule has 0 aliphatic carbocycles. The summed E-state index contributed by atoms with van der Waals surface area (Å²) >= 11 is 0.